The molecule has 1 atom stereocenters. The second-order valence-corrected chi connectivity index (χ2v) is 7.98. The number of rotatable bonds is 7. The Morgan fingerprint density at radius 2 is 2.07 bits per heavy atom. The van der Waals surface area contributed by atoms with Gasteiger partial charge in [-0.2, -0.15) is 0 Å². The normalized spacial score (nSPS) is 16.8. The van der Waals surface area contributed by atoms with E-state index in [9.17, 15) is 0 Å². The van der Waals surface area contributed by atoms with Crippen molar-refractivity contribution in [3.63, 3.8) is 0 Å². The molecular formula is C22H28BrN3O2. The molecule has 0 amide bonds. The minimum atomic E-state index is 0.487. The third kappa shape index (κ3) is 6.24. The Balaban J connectivity index is 1.55. The van der Waals surface area contributed by atoms with Gasteiger partial charge in [-0.3, -0.25) is 4.99 Å². The molecule has 0 aliphatic carbocycles. The maximum absolute atomic E-state index is 6.12. The molecule has 1 heterocycles. The number of hydrogen-bond acceptors (Lipinski definition) is 3. The summed E-state index contributed by atoms with van der Waals surface area (Å²) in [5, 5.41) is 6.73. The number of aliphatic imine (C=N–C) groups is 1. The van der Waals surface area contributed by atoms with E-state index in [4.69, 9.17) is 9.47 Å². The smallest absolute Gasteiger partial charge is 0.191 e. The van der Waals surface area contributed by atoms with Crippen LogP contribution in [-0.4, -0.2) is 32.8 Å². The second-order valence-electron chi connectivity index (χ2n) is 7.06. The Bertz CT molecular complexity index is 804. The van der Waals surface area contributed by atoms with E-state index in [0.29, 0.717) is 25.6 Å². The van der Waals surface area contributed by atoms with Crippen molar-refractivity contribution in [2.45, 2.75) is 26.4 Å². The summed E-state index contributed by atoms with van der Waals surface area (Å²) >= 11 is 3.50. The highest BCUT2D eigenvalue weighted by molar-refractivity contribution is 9.10. The third-order valence-corrected chi connectivity index (χ3v) is 5.23. The fraction of sp³-hybridized carbons (Fsp3) is 0.409. The maximum atomic E-state index is 6.12. The zero-order valence-electron chi connectivity index (χ0n) is 16.5. The molecule has 150 valence electrons. The molecule has 0 aromatic heterocycles. The van der Waals surface area contributed by atoms with E-state index in [1.807, 2.05) is 12.1 Å². The van der Waals surface area contributed by atoms with Crippen molar-refractivity contribution >= 4 is 21.9 Å². The minimum absolute atomic E-state index is 0.487. The first kappa shape index (κ1) is 20.7. The highest BCUT2D eigenvalue weighted by Crippen LogP contribution is 2.22. The first-order valence-corrected chi connectivity index (χ1v) is 10.4. The number of nitrogens with zero attached hydrogens (tertiary/aromatic N) is 1. The summed E-state index contributed by atoms with van der Waals surface area (Å²) < 4.78 is 12.6. The van der Waals surface area contributed by atoms with E-state index in [-0.39, 0.29) is 0 Å². The predicted molar refractivity (Wildman–Crippen MR) is 117 cm³/mol. The molecule has 2 aromatic rings. The number of halogens is 1. The molecule has 1 unspecified atom stereocenters. The maximum Gasteiger partial charge on any atom is 0.191 e. The van der Waals surface area contributed by atoms with Crippen LogP contribution >= 0.6 is 15.9 Å². The van der Waals surface area contributed by atoms with Gasteiger partial charge in [0.15, 0.2) is 5.96 Å². The van der Waals surface area contributed by atoms with E-state index in [0.717, 1.165) is 41.4 Å². The molecule has 1 aliphatic rings. The molecule has 0 bridgehead atoms. The Labute approximate surface area is 175 Å². The Hall–Kier alpha value is -2.05. The molecule has 0 spiro atoms. The summed E-state index contributed by atoms with van der Waals surface area (Å²) in [6.07, 6.45) is 1.07. The molecule has 1 fully saturated rings. The van der Waals surface area contributed by atoms with Gasteiger partial charge in [0.2, 0.25) is 0 Å². The summed E-state index contributed by atoms with van der Waals surface area (Å²) in [7, 11) is 1.78. The Morgan fingerprint density at radius 1 is 1.21 bits per heavy atom. The minimum Gasteiger partial charge on any atom is -0.493 e. The average molecular weight is 446 g/mol. The topological polar surface area (TPSA) is 54.9 Å². The molecule has 1 aliphatic heterocycles. The zero-order chi connectivity index (χ0) is 19.8. The predicted octanol–water partition coefficient (Wildman–Crippen LogP) is 4.04. The number of hydrogen-bond donors (Lipinski definition) is 2. The summed E-state index contributed by atoms with van der Waals surface area (Å²) in [5.74, 6) is 2.18. The van der Waals surface area contributed by atoms with Gasteiger partial charge in [-0.25, -0.2) is 0 Å². The quantitative estimate of drug-likeness (QED) is 0.498. The van der Waals surface area contributed by atoms with Crippen LogP contribution in [0.3, 0.4) is 0 Å². The highest BCUT2D eigenvalue weighted by atomic mass is 79.9. The van der Waals surface area contributed by atoms with Crippen LogP contribution in [0.25, 0.3) is 0 Å². The number of ether oxygens (including phenoxy) is 2. The first-order chi connectivity index (χ1) is 13.6. The standard InChI is InChI=1S/C22H28BrN3O2/c1-16-6-7-19(21(10-16)28-15-18-8-9-27-14-18)13-26-22(24-2)25-12-17-4-3-5-20(23)11-17/h3-7,10-11,18H,8-9,12-15H2,1-2H3,(H2,24,25,26). The van der Waals surface area contributed by atoms with Gasteiger partial charge in [-0.15, -0.1) is 0 Å². The van der Waals surface area contributed by atoms with Gasteiger partial charge in [0.25, 0.3) is 0 Å². The lowest BCUT2D eigenvalue weighted by Crippen LogP contribution is -2.36. The molecule has 3 rings (SSSR count). The molecule has 5 nitrogen and oxygen atoms in total. The molecule has 0 radical (unpaired) electrons. The van der Waals surface area contributed by atoms with Gasteiger partial charge in [0, 0.05) is 42.7 Å². The zero-order valence-corrected chi connectivity index (χ0v) is 18.1. The number of aryl methyl sites for hydroxylation is 1. The third-order valence-electron chi connectivity index (χ3n) is 4.74. The Kier molecular flexibility index (Phi) is 7.74. The SMILES string of the molecule is CN=C(NCc1cccc(Br)c1)NCc1ccc(C)cc1OCC1CCOC1. The monoisotopic (exact) mass is 445 g/mol. The summed E-state index contributed by atoms with van der Waals surface area (Å²) in [6, 6.07) is 14.6. The van der Waals surface area contributed by atoms with Crippen LogP contribution in [-0.2, 0) is 17.8 Å². The average Bonchev–Trinajstić information content (AvgIpc) is 3.21. The van der Waals surface area contributed by atoms with Crippen molar-refractivity contribution in [2.75, 3.05) is 26.9 Å². The summed E-state index contributed by atoms with van der Waals surface area (Å²) in [5.41, 5.74) is 3.50. The fourth-order valence-corrected chi connectivity index (χ4v) is 3.54. The lowest BCUT2D eigenvalue weighted by molar-refractivity contribution is 0.166. The van der Waals surface area contributed by atoms with Crippen molar-refractivity contribution in [3.05, 3.63) is 63.6 Å². The van der Waals surface area contributed by atoms with Crippen LogP contribution in [0.1, 0.15) is 23.1 Å². The van der Waals surface area contributed by atoms with Crippen molar-refractivity contribution in [1.29, 1.82) is 0 Å². The molecule has 2 N–H and O–H groups in total. The van der Waals surface area contributed by atoms with E-state index in [1.54, 1.807) is 7.05 Å². The summed E-state index contributed by atoms with van der Waals surface area (Å²) in [4.78, 5) is 4.32. The molecule has 2 aromatic carbocycles. The molecule has 28 heavy (non-hydrogen) atoms. The van der Waals surface area contributed by atoms with Gasteiger partial charge in [-0.05, 0) is 42.7 Å². The van der Waals surface area contributed by atoms with Crippen LogP contribution in [0, 0.1) is 12.8 Å². The lowest BCUT2D eigenvalue weighted by Gasteiger charge is -2.17. The molecule has 6 heteroatoms. The van der Waals surface area contributed by atoms with Gasteiger partial charge in [-0.1, -0.05) is 40.2 Å². The molecular weight excluding hydrogens is 418 g/mol. The van der Waals surface area contributed by atoms with Crippen LogP contribution in [0.5, 0.6) is 5.75 Å². The van der Waals surface area contributed by atoms with Crippen LogP contribution < -0.4 is 15.4 Å². The number of benzene rings is 2. The molecule has 0 saturated carbocycles. The first-order valence-electron chi connectivity index (χ1n) is 9.63. The number of guanidine groups is 1. The van der Waals surface area contributed by atoms with Crippen LogP contribution in [0.15, 0.2) is 51.9 Å². The van der Waals surface area contributed by atoms with Crippen molar-refractivity contribution < 1.29 is 9.47 Å². The van der Waals surface area contributed by atoms with E-state index in [1.165, 1.54) is 11.1 Å². The van der Waals surface area contributed by atoms with Crippen LogP contribution in [0.4, 0.5) is 0 Å². The fourth-order valence-electron chi connectivity index (χ4n) is 3.10. The van der Waals surface area contributed by atoms with Gasteiger partial charge < -0.3 is 20.1 Å². The van der Waals surface area contributed by atoms with Gasteiger partial charge in [0.1, 0.15) is 5.75 Å². The van der Waals surface area contributed by atoms with Crippen molar-refractivity contribution in [1.82, 2.24) is 10.6 Å². The summed E-state index contributed by atoms with van der Waals surface area (Å²) in [6.45, 7) is 5.78. The van der Waals surface area contributed by atoms with Crippen molar-refractivity contribution in [3.8, 4) is 5.75 Å². The van der Waals surface area contributed by atoms with Crippen LogP contribution in [0.2, 0.25) is 0 Å². The lowest BCUT2D eigenvalue weighted by atomic mass is 10.1. The van der Waals surface area contributed by atoms with E-state index >= 15 is 0 Å². The van der Waals surface area contributed by atoms with Crippen molar-refractivity contribution in [2.24, 2.45) is 10.9 Å². The van der Waals surface area contributed by atoms with E-state index in [2.05, 4.69) is 68.8 Å². The molecule has 1 saturated heterocycles. The second kappa shape index (κ2) is 10.5. The Morgan fingerprint density at radius 3 is 2.82 bits per heavy atom. The van der Waals surface area contributed by atoms with Gasteiger partial charge >= 0.3 is 0 Å². The van der Waals surface area contributed by atoms with E-state index < -0.39 is 0 Å². The van der Waals surface area contributed by atoms with Gasteiger partial charge in [0.05, 0.1) is 13.2 Å². The number of nitrogens with one attached hydrogen (secondary N) is 2. The largest absolute Gasteiger partial charge is 0.493 e. The highest BCUT2D eigenvalue weighted by Gasteiger charge is 2.17.